The van der Waals surface area contributed by atoms with Crippen molar-refractivity contribution < 1.29 is 22.7 Å². The van der Waals surface area contributed by atoms with E-state index in [1.165, 1.54) is 0 Å². The van der Waals surface area contributed by atoms with Crippen LogP contribution in [0.1, 0.15) is 24.8 Å². The molecule has 0 unspecified atom stereocenters. The second kappa shape index (κ2) is 13.7. The third-order valence-corrected chi connectivity index (χ3v) is 5.69. The van der Waals surface area contributed by atoms with Gasteiger partial charge in [-0.15, -0.1) is 12.4 Å². The maximum Gasteiger partial charge on any atom is 0.407 e. The zero-order valence-corrected chi connectivity index (χ0v) is 19.1. The van der Waals surface area contributed by atoms with Gasteiger partial charge in [0, 0.05) is 18.3 Å². The van der Waals surface area contributed by atoms with Gasteiger partial charge in [-0.1, -0.05) is 36.8 Å². The molecule has 0 heterocycles. The Kier molecular flexibility index (Phi) is 11.8. The molecule has 2 aromatic rings. The quantitative estimate of drug-likeness (QED) is 0.408. The summed E-state index contributed by atoms with van der Waals surface area (Å²) in [5.74, 6) is 0.471. The van der Waals surface area contributed by atoms with E-state index in [1.54, 1.807) is 31.4 Å². The monoisotopic (exact) mass is 471 g/mol. The number of methoxy groups -OCH3 is 1. The third kappa shape index (κ3) is 10.9. The number of unbranched alkanes of at least 4 members (excludes halogenated alkanes) is 1. The fraction of sp³-hybridized carbons (Fsp3) is 0.381. The summed E-state index contributed by atoms with van der Waals surface area (Å²) in [6.45, 7) is 0.661. The van der Waals surface area contributed by atoms with Crippen LogP contribution in [-0.2, 0) is 21.4 Å². The van der Waals surface area contributed by atoms with Gasteiger partial charge in [-0.3, -0.25) is 4.72 Å². The van der Waals surface area contributed by atoms with E-state index in [4.69, 9.17) is 15.2 Å². The molecule has 0 bridgehead atoms. The number of hydrogen-bond acceptors (Lipinski definition) is 6. The molecule has 2 aromatic carbocycles. The number of anilines is 1. The first-order chi connectivity index (χ1) is 14.4. The van der Waals surface area contributed by atoms with E-state index in [0.29, 0.717) is 37.2 Å². The van der Waals surface area contributed by atoms with Crippen LogP contribution in [0.25, 0.3) is 0 Å². The van der Waals surface area contributed by atoms with Gasteiger partial charge in [-0.25, -0.2) is 13.2 Å². The highest BCUT2D eigenvalue weighted by atomic mass is 35.5. The molecule has 10 heteroatoms. The molecule has 2 rings (SSSR count). The maximum atomic E-state index is 12.2. The summed E-state index contributed by atoms with van der Waals surface area (Å²) in [4.78, 5) is 11.7. The number of carbonyl (C=O) groups is 1. The molecule has 172 valence electrons. The highest BCUT2D eigenvalue weighted by molar-refractivity contribution is 7.92. The van der Waals surface area contributed by atoms with E-state index in [1.807, 2.05) is 30.3 Å². The number of carbonyl (C=O) groups excluding carboxylic acids is 1. The zero-order chi connectivity index (χ0) is 21.8. The lowest BCUT2D eigenvalue weighted by Crippen LogP contribution is -2.33. The zero-order valence-electron chi connectivity index (χ0n) is 17.5. The Hall–Kier alpha value is -2.49. The van der Waals surface area contributed by atoms with Crippen LogP contribution in [0.15, 0.2) is 54.6 Å². The first kappa shape index (κ1) is 26.5. The molecule has 0 aliphatic heterocycles. The molecule has 0 aliphatic rings. The van der Waals surface area contributed by atoms with Crippen molar-refractivity contribution in [2.45, 2.75) is 31.9 Å². The molecule has 0 saturated heterocycles. The second-order valence-electron chi connectivity index (χ2n) is 6.86. The number of rotatable bonds is 12. The van der Waals surface area contributed by atoms with Gasteiger partial charge in [0.1, 0.15) is 12.4 Å². The summed E-state index contributed by atoms with van der Waals surface area (Å²) in [6.07, 6.45) is 1.43. The second-order valence-corrected chi connectivity index (χ2v) is 8.62. The van der Waals surface area contributed by atoms with Gasteiger partial charge in [-0.2, -0.15) is 0 Å². The number of benzene rings is 2. The Morgan fingerprint density at radius 2 is 1.74 bits per heavy atom. The van der Waals surface area contributed by atoms with Gasteiger partial charge in [0.2, 0.25) is 10.0 Å². The van der Waals surface area contributed by atoms with Crippen LogP contribution in [0.4, 0.5) is 10.5 Å². The predicted octanol–water partition coefficient (Wildman–Crippen LogP) is 3.28. The van der Waals surface area contributed by atoms with Crippen molar-refractivity contribution in [3.63, 3.8) is 0 Å². The largest absolute Gasteiger partial charge is 0.497 e. The summed E-state index contributed by atoms with van der Waals surface area (Å²) in [5.41, 5.74) is 7.34. The number of sulfonamides is 1. The molecule has 8 nitrogen and oxygen atoms in total. The number of halogens is 1. The molecular weight excluding hydrogens is 442 g/mol. The minimum Gasteiger partial charge on any atom is -0.497 e. The average Bonchev–Trinajstić information content (AvgIpc) is 2.72. The lowest BCUT2D eigenvalue weighted by atomic mass is 10.1. The van der Waals surface area contributed by atoms with Crippen LogP contribution in [0.3, 0.4) is 0 Å². The van der Waals surface area contributed by atoms with Gasteiger partial charge < -0.3 is 20.5 Å². The number of hydrogen-bond donors (Lipinski definition) is 3. The lowest BCUT2D eigenvalue weighted by Gasteiger charge is -2.14. The summed E-state index contributed by atoms with van der Waals surface area (Å²) >= 11 is 0. The fourth-order valence-corrected chi connectivity index (χ4v) is 4.05. The standard InChI is InChI=1S/C21H29N3O5S.ClH/c1-28-20-12-10-19(11-13-20)24-30(26,27)16-18(22)9-5-6-14-23-21(25)29-15-17-7-3-2-4-8-17;/h2-4,7-8,10-13,18,24H,5-6,9,14-16,22H2,1H3,(H,23,25);1H/t18-;/m0./s1. The van der Waals surface area contributed by atoms with Crippen molar-refractivity contribution in [3.8, 4) is 5.75 Å². The number of nitrogens with one attached hydrogen (secondary N) is 2. The van der Waals surface area contributed by atoms with E-state index >= 15 is 0 Å². The molecule has 0 fully saturated rings. The van der Waals surface area contributed by atoms with Crippen LogP contribution >= 0.6 is 12.4 Å². The predicted molar refractivity (Wildman–Crippen MR) is 124 cm³/mol. The highest BCUT2D eigenvalue weighted by Crippen LogP contribution is 2.16. The molecule has 1 amide bonds. The van der Waals surface area contributed by atoms with Crippen LogP contribution in [0, 0.1) is 0 Å². The molecule has 0 aromatic heterocycles. The van der Waals surface area contributed by atoms with Gasteiger partial charge in [0.05, 0.1) is 12.9 Å². The average molecular weight is 472 g/mol. The number of amides is 1. The molecule has 0 saturated carbocycles. The Balaban J connectivity index is 0.00000480. The molecular formula is C21H30ClN3O5S. The number of nitrogens with two attached hydrogens (primary N) is 1. The van der Waals surface area contributed by atoms with Crippen molar-refractivity contribution in [3.05, 3.63) is 60.2 Å². The van der Waals surface area contributed by atoms with E-state index in [2.05, 4.69) is 10.0 Å². The number of alkyl carbamates (subject to hydrolysis) is 1. The third-order valence-electron chi connectivity index (χ3n) is 4.28. The molecule has 0 aliphatic carbocycles. The molecule has 4 N–H and O–H groups in total. The van der Waals surface area contributed by atoms with Crippen molar-refractivity contribution in [1.82, 2.24) is 5.32 Å². The number of ether oxygens (including phenoxy) is 2. The first-order valence-electron chi connectivity index (χ1n) is 9.72. The lowest BCUT2D eigenvalue weighted by molar-refractivity contribution is 0.139. The minimum absolute atomic E-state index is 0. The van der Waals surface area contributed by atoms with Crippen LogP contribution < -0.4 is 20.5 Å². The van der Waals surface area contributed by atoms with Gasteiger partial charge >= 0.3 is 6.09 Å². The summed E-state index contributed by atoms with van der Waals surface area (Å²) in [5, 5.41) is 2.67. The fourth-order valence-electron chi connectivity index (χ4n) is 2.74. The van der Waals surface area contributed by atoms with Crippen molar-refractivity contribution in [1.29, 1.82) is 0 Å². The van der Waals surface area contributed by atoms with Gasteiger partial charge in [0.15, 0.2) is 0 Å². The Morgan fingerprint density at radius 3 is 2.39 bits per heavy atom. The summed E-state index contributed by atoms with van der Waals surface area (Å²) in [7, 11) is -2.01. The molecule has 1 atom stereocenters. The molecule has 0 radical (unpaired) electrons. The Bertz CT molecular complexity index is 880. The topological polar surface area (TPSA) is 120 Å². The van der Waals surface area contributed by atoms with Crippen molar-refractivity contribution in [2.24, 2.45) is 5.73 Å². The van der Waals surface area contributed by atoms with E-state index in [0.717, 1.165) is 5.56 Å². The highest BCUT2D eigenvalue weighted by Gasteiger charge is 2.16. The smallest absolute Gasteiger partial charge is 0.407 e. The first-order valence-corrected chi connectivity index (χ1v) is 11.4. The van der Waals surface area contributed by atoms with E-state index in [-0.39, 0.29) is 24.8 Å². The van der Waals surface area contributed by atoms with Crippen LogP contribution in [0.5, 0.6) is 5.75 Å². The Morgan fingerprint density at radius 1 is 1.06 bits per heavy atom. The van der Waals surface area contributed by atoms with E-state index in [9.17, 15) is 13.2 Å². The van der Waals surface area contributed by atoms with Crippen LogP contribution in [0.2, 0.25) is 0 Å². The Labute approximate surface area is 190 Å². The molecule has 0 spiro atoms. The van der Waals surface area contributed by atoms with Crippen molar-refractivity contribution >= 4 is 34.2 Å². The van der Waals surface area contributed by atoms with Gasteiger partial charge in [-0.05, 0) is 42.7 Å². The SMILES string of the molecule is COc1ccc(NS(=O)(=O)C[C@@H](N)CCCCNC(=O)OCc2ccccc2)cc1.Cl. The summed E-state index contributed by atoms with van der Waals surface area (Å²) < 4.78 is 37.1. The molecule has 31 heavy (non-hydrogen) atoms. The maximum absolute atomic E-state index is 12.2. The summed E-state index contributed by atoms with van der Waals surface area (Å²) in [6, 6.07) is 15.5. The van der Waals surface area contributed by atoms with E-state index < -0.39 is 22.2 Å². The van der Waals surface area contributed by atoms with Crippen molar-refractivity contribution in [2.75, 3.05) is 24.1 Å². The van der Waals surface area contributed by atoms with Crippen LogP contribution in [-0.4, -0.2) is 40.0 Å². The normalized spacial score (nSPS) is 11.7. The minimum atomic E-state index is -3.55. The van der Waals surface area contributed by atoms with Gasteiger partial charge in [0.25, 0.3) is 0 Å².